The van der Waals surface area contributed by atoms with Crippen LogP contribution in [0.1, 0.15) is 96.3 Å². The minimum Gasteiger partial charge on any atom is -0.394 e. The molecule has 6 amide bonds. The smallest absolute Gasteiger partial charge is 0.275 e. The summed E-state index contributed by atoms with van der Waals surface area (Å²) in [6.07, 6.45) is -73.4. The molecule has 4 saturated heterocycles. The number of aliphatic hydroxyl groups is 28. The third-order valence-electron chi connectivity index (χ3n) is 23.9. The van der Waals surface area contributed by atoms with Crippen molar-refractivity contribution in [2.24, 2.45) is 0 Å². The van der Waals surface area contributed by atoms with Crippen molar-refractivity contribution in [3.8, 4) is 0 Å². The highest BCUT2D eigenvalue weighted by molar-refractivity contribution is 6.01. The Morgan fingerprint density at radius 2 is 0.508 bits per heavy atom. The van der Waals surface area contributed by atoms with Crippen molar-refractivity contribution in [2.45, 2.75) is 272 Å². The first-order valence-electron chi connectivity index (χ1n) is 41.8. The number of rotatable bonds is 42. The number of carbonyl (C=O) groups excluding carboxylic acids is 6. The summed E-state index contributed by atoms with van der Waals surface area (Å²) in [5, 5.41) is 341. The van der Waals surface area contributed by atoms with Crippen LogP contribution in [0.5, 0.6) is 0 Å². The maximum absolute atomic E-state index is 17.8. The van der Waals surface area contributed by atoms with E-state index in [1.165, 1.54) is 100 Å². The van der Waals surface area contributed by atoms with Gasteiger partial charge in [-0.25, -0.2) is 41.3 Å². The minimum atomic E-state index is -4.83. The number of nitrogens with zero attached hydrogens (tertiary/aromatic N) is 2. The quantitative estimate of drug-likeness (QED) is 0.0127. The SMILES string of the molecule is CC[C@@H](O)[C@H](O)[C@@H](O)C(=O)NO[C@@]1(Cc2ccccc2)O[C@H](CO)[C@@H](O)[C@H](O)[C@@]1(O)N(C(=O)c1cccc(C(=O)N([C@]2(O)[C@@H](O)[C@H](O)[C@@H](CO)O[C@]2(Cc2ccccc2)ONC(=O)[C@H](O)[C@@H](O)[C@H](O)CC)[C@]2(O)[C@@H](O)[C@H](O)[C@@H](CO)O[C@]2(Cc2ccccc2)ONC(=O)[C@H](O)[C@@H](O)[C@H](O)CC)c1)[C@]1(O)[C@@H](O)[C@H](O)[C@@H](CO)O[C@]1(Cc1ccccc1)ONC(=O)[C@H](O)[C@@H](O)[C@H](O)CC. The lowest BCUT2D eigenvalue weighted by atomic mass is 9.75. The number of hydrogen-bond donors (Lipinski definition) is 32. The molecule has 0 unspecified atom stereocenters. The number of benzene rings is 5. The van der Waals surface area contributed by atoms with E-state index >= 15 is 9.59 Å². The molecule has 48 nitrogen and oxygen atoms in total. The summed E-state index contributed by atoms with van der Waals surface area (Å²) in [6.45, 7) is -1.15. The van der Waals surface area contributed by atoms with Gasteiger partial charge in [-0.3, -0.25) is 38.6 Å². The number of carbonyl (C=O) groups is 6. The van der Waals surface area contributed by atoms with Crippen LogP contribution in [0.25, 0.3) is 0 Å². The Hall–Kier alpha value is -8.52. The van der Waals surface area contributed by atoms with E-state index in [1.54, 1.807) is 21.9 Å². The number of aliphatic hydroxyl groups excluding tert-OH is 24. The second kappa shape index (κ2) is 44.5. The molecule has 9 rings (SSSR count). The van der Waals surface area contributed by atoms with E-state index in [1.807, 2.05) is 0 Å². The first kappa shape index (κ1) is 107. The number of ether oxygens (including phenoxy) is 4. The molecule has 0 radical (unpaired) electrons. The van der Waals surface area contributed by atoms with Gasteiger partial charge in [0.2, 0.25) is 46.0 Å². The highest BCUT2D eigenvalue weighted by Gasteiger charge is 2.82. The maximum Gasteiger partial charge on any atom is 0.275 e. The van der Waals surface area contributed by atoms with Crippen LogP contribution in [0.2, 0.25) is 0 Å². The van der Waals surface area contributed by atoms with E-state index in [2.05, 4.69) is 0 Å². The largest absolute Gasteiger partial charge is 0.394 e. The van der Waals surface area contributed by atoms with Crippen LogP contribution in [0.15, 0.2) is 146 Å². The van der Waals surface area contributed by atoms with Crippen LogP contribution in [0.3, 0.4) is 0 Å². The predicted molar refractivity (Wildman–Crippen MR) is 436 cm³/mol. The van der Waals surface area contributed by atoms with Crippen LogP contribution < -0.4 is 21.9 Å². The summed E-state index contributed by atoms with van der Waals surface area (Å²) in [5.41, 5.74) is -17.1. The number of hydroxylamine groups is 4. The zero-order chi connectivity index (χ0) is 97.9. The molecule has 4 aliphatic rings. The van der Waals surface area contributed by atoms with Crippen molar-refractivity contribution in [2.75, 3.05) is 26.4 Å². The maximum atomic E-state index is 17.8. The lowest BCUT2D eigenvalue weighted by Crippen LogP contribution is -2.90. The van der Waals surface area contributed by atoms with Gasteiger partial charge in [-0.1, -0.05) is 155 Å². The fourth-order valence-corrected chi connectivity index (χ4v) is 16.1. The summed E-state index contributed by atoms with van der Waals surface area (Å²) in [7, 11) is 0. The van der Waals surface area contributed by atoms with Crippen LogP contribution in [-0.2, 0) is 83.2 Å². The molecule has 32 atom stereocenters. The second-order valence-electron chi connectivity index (χ2n) is 32.4. The minimum absolute atomic E-state index is 0.176. The van der Waals surface area contributed by atoms with E-state index in [9.17, 15) is 162 Å². The average molecular weight is 1880 g/mol. The van der Waals surface area contributed by atoms with E-state index in [0.717, 1.165) is 48.5 Å². The Balaban J connectivity index is 1.48. The van der Waals surface area contributed by atoms with Gasteiger partial charge in [0.1, 0.15) is 97.7 Å². The van der Waals surface area contributed by atoms with Gasteiger partial charge in [-0.05, 0) is 66.1 Å². The summed E-state index contributed by atoms with van der Waals surface area (Å²) in [6, 6.07) is 26.3. The Kier molecular flexibility index (Phi) is 36.1. The number of amides is 6. The Morgan fingerprint density at radius 1 is 0.318 bits per heavy atom. The van der Waals surface area contributed by atoms with E-state index in [4.69, 9.17) is 38.3 Å². The van der Waals surface area contributed by atoms with Crippen molar-refractivity contribution in [3.63, 3.8) is 0 Å². The van der Waals surface area contributed by atoms with Crippen molar-refractivity contribution in [3.05, 3.63) is 179 Å². The molecule has 4 fully saturated rings. The average Bonchev–Trinajstić information content (AvgIpc) is 0.679. The highest BCUT2D eigenvalue weighted by Crippen LogP contribution is 2.56. The van der Waals surface area contributed by atoms with Gasteiger partial charge in [-0.2, -0.15) is 0 Å². The third-order valence-corrected chi connectivity index (χ3v) is 23.9. The molecule has 4 aliphatic heterocycles. The molecule has 48 heteroatoms. The monoisotopic (exact) mass is 1880 g/mol. The van der Waals surface area contributed by atoms with Gasteiger partial charge in [0, 0.05) is 36.8 Å². The van der Waals surface area contributed by atoms with Gasteiger partial charge in [0.15, 0.2) is 24.4 Å². The van der Waals surface area contributed by atoms with Crippen LogP contribution in [0, 0.1) is 0 Å². The molecular formula is C84H116N6O42. The van der Waals surface area contributed by atoms with Gasteiger partial charge in [0.05, 0.1) is 50.8 Å². The van der Waals surface area contributed by atoms with Crippen LogP contribution in [-0.4, -0.2) is 407 Å². The van der Waals surface area contributed by atoms with Crippen LogP contribution >= 0.6 is 0 Å². The zero-order valence-electron chi connectivity index (χ0n) is 71.3. The molecule has 0 aromatic heterocycles. The topological polar surface area (TPSA) is 797 Å². The number of nitrogens with one attached hydrogen (secondary N) is 4. The summed E-state index contributed by atoms with van der Waals surface area (Å²) < 4.78 is 25.1. The second-order valence-corrected chi connectivity index (χ2v) is 32.4. The number of hydrogen-bond acceptors (Lipinski definition) is 42. The molecule has 0 saturated carbocycles. The normalized spacial score (nSPS) is 33.0. The Labute approximate surface area is 751 Å². The van der Waals surface area contributed by atoms with Crippen molar-refractivity contribution >= 4 is 35.4 Å². The molecule has 132 heavy (non-hydrogen) atoms. The molecule has 5 aromatic carbocycles. The van der Waals surface area contributed by atoms with Gasteiger partial charge in [0.25, 0.3) is 35.4 Å². The van der Waals surface area contributed by atoms with Crippen molar-refractivity contribution in [1.29, 1.82) is 0 Å². The van der Waals surface area contributed by atoms with Gasteiger partial charge >= 0.3 is 0 Å². The first-order valence-corrected chi connectivity index (χ1v) is 41.8. The predicted octanol–water partition coefficient (Wildman–Crippen LogP) is -12.3. The van der Waals surface area contributed by atoms with Gasteiger partial charge < -0.3 is 162 Å². The summed E-state index contributed by atoms with van der Waals surface area (Å²) >= 11 is 0. The molecule has 4 heterocycles. The molecule has 734 valence electrons. The molecule has 5 aromatic rings. The molecule has 32 N–H and O–H groups in total. The Bertz CT molecular complexity index is 4080. The van der Waals surface area contributed by atoms with Crippen LogP contribution in [0.4, 0.5) is 0 Å². The van der Waals surface area contributed by atoms with Gasteiger partial charge in [-0.15, -0.1) is 0 Å². The van der Waals surface area contributed by atoms with Crippen molar-refractivity contribution < 1.29 is 210 Å². The lowest BCUT2D eigenvalue weighted by Gasteiger charge is -2.65. The fourth-order valence-electron chi connectivity index (χ4n) is 16.1. The zero-order valence-corrected chi connectivity index (χ0v) is 71.3. The Morgan fingerprint density at radius 3 is 0.682 bits per heavy atom. The molecular weight excluding hydrogens is 1760 g/mol. The summed E-state index contributed by atoms with van der Waals surface area (Å²) in [4.78, 5) is 116. The fraction of sp³-hybridized carbons (Fsp3) is 0.571. The molecule has 0 spiro atoms. The van der Waals surface area contributed by atoms with E-state index in [-0.39, 0.29) is 28.3 Å². The molecule has 0 aliphatic carbocycles. The third kappa shape index (κ3) is 20.5. The van der Waals surface area contributed by atoms with Crippen molar-refractivity contribution in [1.82, 2.24) is 31.7 Å². The highest BCUT2D eigenvalue weighted by atomic mass is 16.8. The van der Waals surface area contributed by atoms with E-state index < -0.39 is 327 Å². The van der Waals surface area contributed by atoms with E-state index in [0.29, 0.717) is 18.2 Å². The first-order chi connectivity index (χ1) is 62.3. The summed E-state index contributed by atoms with van der Waals surface area (Å²) in [5.74, 6) is -29.2. The standard InChI is InChI=1S/C84H116N6O42/c1-5-47(95)55(99)63(107)71(115)85-129-77(33-41-22-13-9-14-23-41)81(121,67(111)59(103)51(37-91)125-77)89(82(122)68(112)60(104)52(38-92)126-78(82,34-42-24-15-10-16-25-42)130-86-72(116)64(108)56(100)48(96)6-2)75(119)45-30-21-31-46(32-45)76(120)90(83(123)69(113)61(105)53(39-93)127-79(83,35-43-26-17-11-18-27-43)131-87-73(117)65(109)57(101)49(97)7-3)84(124)70(114)62(106)54(40-94)128-80(84,36-44-28-19-12-20-29-44)132-88-74(118)66(110)58(102)50(98)8-4/h9-32,47-70,91-114,121-124H,5-8,33-40H2,1-4H3,(H,85,115)(H,86,116)(H,87,117)(H,88,118)/t47-,48-,49-,50-,51-,52-,53-,54-,55+,56+,57+,58+,59-,60-,61-,62-,63-,64-,65-,66-,67+,68+,69+,70+,77-,78-,79-,80-,81+,82+,83+,84+/m1/s1. The lowest BCUT2D eigenvalue weighted by molar-refractivity contribution is -0.494. The molecule has 0 bridgehead atoms.